The van der Waals surface area contributed by atoms with Crippen molar-refractivity contribution in [3.63, 3.8) is 0 Å². The van der Waals surface area contributed by atoms with Gasteiger partial charge in [-0.2, -0.15) is 18.5 Å². The normalized spacial score (nSPS) is 25.8. The molecule has 7 heteroatoms. The highest BCUT2D eigenvalue weighted by Crippen LogP contribution is 2.56. The average molecular weight is 241 g/mol. The van der Waals surface area contributed by atoms with E-state index in [1.807, 2.05) is 13.8 Å². The van der Waals surface area contributed by atoms with Crippen LogP contribution in [0.15, 0.2) is 0 Å². The van der Waals surface area contributed by atoms with Crippen molar-refractivity contribution in [1.29, 1.82) is 0 Å². The summed E-state index contributed by atoms with van der Waals surface area (Å²) in [5, 5.41) is 0. The second-order valence-corrected chi connectivity index (χ2v) is 5.51. The zero-order chi connectivity index (χ0) is 11.5. The second-order valence-electron chi connectivity index (χ2n) is 3.58. The third-order valence-corrected chi connectivity index (χ3v) is 3.35. The van der Waals surface area contributed by atoms with Crippen molar-refractivity contribution >= 4 is 8.17 Å². The number of hydrogen-bond acceptors (Lipinski definition) is 6. The zero-order valence-electron chi connectivity index (χ0n) is 9.43. The summed E-state index contributed by atoms with van der Waals surface area (Å²) in [5.41, 5.74) is 0. The monoisotopic (exact) mass is 241 g/mol. The molecule has 0 saturated carbocycles. The van der Waals surface area contributed by atoms with Crippen LogP contribution >= 0.6 is 8.17 Å². The molecular formula is C8H18O6P+. The Hall–Kier alpha value is 0.190. The minimum atomic E-state index is -3.16. The van der Waals surface area contributed by atoms with Gasteiger partial charge in [0.25, 0.3) is 0 Å². The van der Waals surface area contributed by atoms with Gasteiger partial charge >= 0.3 is 8.17 Å². The molecule has 0 aromatic carbocycles. The average Bonchev–Trinajstić information content (AvgIpc) is 2.55. The van der Waals surface area contributed by atoms with E-state index in [0.29, 0.717) is 6.61 Å². The lowest BCUT2D eigenvalue weighted by atomic mass is 10.4. The van der Waals surface area contributed by atoms with Gasteiger partial charge in [0.2, 0.25) is 0 Å². The Kier molecular flexibility index (Phi) is 4.43. The lowest BCUT2D eigenvalue weighted by Gasteiger charge is -2.17. The summed E-state index contributed by atoms with van der Waals surface area (Å²) >= 11 is 0. The Morgan fingerprint density at radius 1 is 1.40 bits per heavy atom. The summed E-state index contributed by atoms with van der Waals surface area (Å²) in [4.78, 5) is 9.57. The number of rotatable bonds is 5. The number of hydrogen-bond donors (Lipinski definition) is 1. The fraction of sp³-hybridized carbons (Fsp3) is 1.00. The van der Waals surface area contributed by atoms with E-state index in [2.05, 4.69) is 0 Å². The topological polar surface area (TPSA) is 66.4 Å². The van der Waals surface area contributed by atoms with Crippen LogP contribution in [0, 0.1) is 0 Å². The van der Waals surface area contributed by atoms with Gasteiger partial charge < -0.3 is 9.47 Å². The molecule has 15 heavy (non-hydrogen) atoms. The van der Waals surface area contributed by atoms with E-state index in [9.17, 15) is 4.89 Å². The van der Waals surface area contributed by atoms with Crippen molar-refractivity contribution in [3.05, 3.63) is 0 Å². The zero-order valence-corrected chi connectivity index (χ0v) is 10.3. The smallest absolute Gasteiger partial charge is 0.348 e. The van der Waals surface area contributed by atoms with Gasteiger partial charge in [0.05, 0.1) is 20.8 Å². The molecule has 1 saturated heterocycles. The predicted octanol–water partition coefficient (Wildman–Crippen LogP) is 1.12. The number of ether oxygens (including phenoxy) is 2. The van der Waals surface area contributed by atoms with Crippen LogP contribution in [0.3, 0.4) is 0 Å². The fourth-order valence-corrected chi connectivity index (χ4v) is 1.92. The molecule has 0 spiro atoms. The summed E-state index contributed by atoms with van der Waals surface area (Å²) < 4.78 is 25.4. The van der Waals surface area contributed by atoms with Gasteiger partial charge in [0, 0.05) is 0 Å². The molecule has 0 aliphatic carbocycles. The molecule has 1 aliphatic rings. The maximum absolute atomic E-state index is 9.57. The van der Waals surface area contributed by atoms with Crippen molar-refractivity contribution in [2.24, 2.45) is 0 Å². The molecule has 1 heterocycles. The van der Waals surface area contributed by atoms with Crippen LogP contribution in [0.5, 0.6) is 0 Å². The van der Waals surface area contributed by atoms with Gasteiger partial charge in [-0.25, -0.2) is 0 Å². The lowest BCUT2D eigenvalue weighted by molar-refractivity contribution is -0.142. The maximum atomic E-state index is 9.57. The largest absolute Gasteiger partial charge is 0.572 e. The van der Waals surface area contributed by atoms with Crippen molar-refractivity contribution < 1.29 is 27.9 Å². The van der Waals surface area contributed by atoms with E-state index >= 15 is 0 Å². The molecule has 1 fully saturated rings. The van der Waals surface area contributed by atoms with Crippen LogP contribution < -0.4 is 0 Å². The Morgan fingerprint density at radius 2 is 2.00 bits per heavy atom. The van der Waals surface area contributed by atoms with Crippen LogP contribution in [-0.2, 0) is 23.0 Å². The molecule has 1 atom stereocenters. The van der Waals surface area contributed by atoms with Crippen LogP contribution in [-0.4, -0.2) is 44.2 Å². The molecule has 0 aromatic rings. The first-order chi connectivity index (χ1) is 6.91. The van der Waals surface area contributed by atoms with Gasteiger partial charge in [0.1, 0.15) is 12.7 Å². The first kappa shape index (κ1) is 13.3. The molecule has 0 radical (unpaired) electrons. The van der Waals surface area contributed by atoms with Crippen LogP contribution in [0.25, 0.3) is 0 Å². The van der Waals surface area contributed by atoms with Crippen LogP contribution in [0.4, 0.5) is 0 Å². The summed E-state index contributed by atoms with van der Waals surface area (Å²) in [6, 6.07) is 0. The minimum Gasteiger partial charge on any atom is -0.348 e. The Bertz CT molecular complexity index is 205. The summed E-state index contributed by atoms with van der Waals surface area (Å²) in [7, 11) is -0.508. The predicted molar refractivity (Wildman–Crippen MR) is 54.0 cm³/mol. The Morgan fingerprint density at radius 3 is 2.40 bits per heavy atom. The summed E-state index contributed by atoms with van der Waals surface area (Å²) in [6.45, 7) is 4.25. The van der Waals surface area contributed by atoms with Crippen molar-refractivity contribution in [2.75, 3.05) is 27.4 Å². The molecule has 0 aromatic heterocycles. The van der Waals surface area contributed by atoms with E-state index < -0.39 is 14.0 Å². The summed E-state index contributed by atoms with van der Waals surface area (Å²) in [6.07, 6.45) is -0.211. The van der Waals surface area contributed by atoms with Crippen molar-refractivity contribution in [3.8, 4) is 0 Å². The van der Waals surface area contributed by atoms with Gasteiger partial charge in [-0.05, 0) is 13.8 Å². The molecule has 6 nitrogen and oxygen atoms in total. The highest BCUT2D eigenvalue weighted by atomic mass is 31.2. The van der Waals surface area contributed by atoms with Gasteiger partial charge in [0.15, 0.2) is 5.79 Å². The van der Waals surface area contributed by atoms with Gasteiger partial charge in [-0.1, -0.05) is 0 Å². The Labute approximate surface area is 90.1 Å². The van der Waals surface area contributed by atoms with Crippen LogP contribution in [0.2, 0.25) is 0 Å². The molecule has 0 unspecified atom stereocenters. The van der Waals surface area contributed by atoms with E-state index in [0.717, 1.165) is 0 Å². The third-order valence-electron chi connectivity index (χ3n) is 1.95. The first-order valence-electron chi connectivity index (χ1n) is 4.60. The standard InChI is InChI=1S/C8H18O6P/c1-8(2)12-5-7(14-8)6-13-15(9,10-3)11-4/h7,9H,5-6H2,1-4H3/q+1/t7-/m0/s1. The van der Waals surface area contributed by atoms with Crippen molar-refractivity contribution in [1.82, 2.24) is 0 Å². The maximum Gasteiger partial charge on any atom is 0.572 e. The molecular weight excluding hydrogens is 223 g/mol. The quantitative estimate of drug-likeness (QED) is 0.727. The highest BCUT2D eigenvalue weighted by molar-refractivity contribution is 7.55. The second kappa shape index (κ2) is 5.01. The lowest BCUT2D eigenvalue weighted by Crippen LogP contribution is -2.24. The van der Waals surface area contributed by atoms with E-state index in [1.54, 1.807) is 0 Å². The van der Waals surface area contributed by atoms with E-state index in [-0.39, 0.29) is 12.7 Å². The minimum absolute atomic E-state index is 0.176. The first-order valence-corrected chi connectivity index (χ1v) is 6.10. The Balaban J connectivity index is 2.32. The molecule has 90 valence electrons. The molecule has 0 bridgehead atoms. The summed E-state index contributed by atoms with van der Waals surface area (Å²) in [5.74, 6) is -0.593. The van der Waals surface area contributed by atoms with Gasteiger partial charge in [-0.3, -0.25) is 0 Å². The fourth-order valence-electron chi connectivity index (χ4n) is 1.20. The highest BCUT2D eigenvalue weighted by Gasteiger charge is 2.44. The van der Waals surface area contributed by atoms with Gasteiger partial charge in [-0.15, -0.1) is 0 Å². The SMILES string of the molecule is CO[P+](O)(OC)OC[C@@H]1COC(C)(C)O1. The molecule has 1 N–H and O–H groups in total. The van der Waals surface area contributed by atoms with Crippen molar-refractivity contribution in [2.45, 2.75) is 25.7 Å². The molecule has 0 amide bonds. The van der Waals surface area contributed by atoms with Crippen LogP contribution in [0.1, 0.15) is 13.8 Å². The molecule has 1 aliphatic heterocycles. The van der Waals surface area contributed by atoms with E-state index in [1.165, 1.54) is 14.2 Å². The molecule has 1 rings (SSSR count). The van der Waals surface area contributed by atoms with E-state index in [4.69, 9.17) is 23.0 Å². The third kappa shape index (κ3) is 3.92.